The molecule has 0 radical (unpaired) electrons. The van der Waals surface area contributed by atoms with Crippen molar-refractivity contribution in [3.63, 3.8) is 0 Å². The molecule has 0 spiro atoms. The van der Waals surface area contributed by atoms with Gasteiger partial charge in [0.1, 0.15) is 5.82 Å². The molecular weight excluding hydrogens is 315 g/mol. The van der Waals surface area contributed by atoms with Gasteiger partial charge in [-0.15, -0.1) is 13.2 Å². The van der Waals surface area contributed by atoms with E-state index in [1.54, 1.807) is 0 Å². The van der Waals surface area contributed by atoms with Gasteiger partial charge in [0.05, 0.1) is 10.5 Å². The van der Waals surface area contributed by atoms with Crippen molar-refractivity contribution >= 4 is 27.8 Å². The molecule has 0 aliphatic heterocycles. The first kappa shape index (κ1) is 16.7. The van der Waals surface area contributed by atoms with E-state index in [0.29, 0.717) is 5.39 Å². The highest BCUT2D eigenvalue weighted by Crippen LogP contribution is 2.50. The summed E-state index contributed by atoms with van der Waals surface area (Å²) in [7, 11) is -7.88. The summed E-state index contributed by atoms with van der Waals surface area (Å²) in [5.41, 5.74) is -4.27. The Bertz CT molecular complexity index is 592. The van der Waals surface area contributed by atoms with Gasteiger partial charge >= 0.3 is 12.8 Å². The molecule has 112 valence electrons. The molecule has 0 aliphatic rings. The third kappa shape index (κ3) is 4.66. The summed E-state index contributed by atoms with van der Waals surface area (Å²) in [5.74, 6) is -0.509. The van der Waals surface area contributed by atoms with E-state index in [1.165, 1.54) is 19.1 Å². The molecule has 20 heavy (non-hydrogen) atoms. The fraction of sp³-hybridized carbons (Fsp3) is 0.200. The van der Waals surface area contributed by atoms with Gasteiger partial charge in [0.2, 0.25) is 0 Å². The number of thiophene rings is 1. The molecule has 0 saturated heterocycles. The molecule has 1 unspecified atom stereocenters. The standard InChI is InChI=1S/C10H7F4S.BF4/c1-6-4-7-5-8(11)2-3-9(7)15(6)10(12,13)14;2-1(3,4)5/h2-5H,1H3;/q+1;-1. The van der Waals surface area contributed by atoms with Crippen molar-refractivity contribution in [3.05, 3.63) is 35.0 Å². The molecule has 1 atom stereocenters. The maximum absolute atomic E-state index is 12.8. The number of rotatable bonds is 0. The quantitative estimate of drug-likeness (QED) is 0.326. The Labute approximate surface area is 111 Å². The van der Waals surface area contributed by atoms with E-state index < -0.39 is 29.0 Å². The lowest BCUT2D eigenvalue weighted by molar-refractivity contribution is -0.0867. The van der Waals surface area contributed by atoms with Crippen LogP contribution in [0.2, 0.25) is 0 Å². The summed E-state index contributed by atoms with van der Waals surface area (Å²) in [6, 6.07) is 4.82. The van der Waals surface area contributed by atoms with E-state index in [0.717, 1.165) is 12.1 Å². The molecule has 2 rings (SSSR count). The highest BCUT2D eigenvalue weighted by atomic mass is 32.2. The fourth-order valence-electron chi connectivity index (χ4n) is 1.58. The lowest BCUT2D eigenvalue weighted by atomic mass is 10.2. The lowest BCUT2D eigenvalue weighted by Crippen LogP contribution is -2.02. The number of alkyl halides is 3. The second kappa shape index (κ2) is 5.59. The molecule has 0 N–H and O–H groups in total. The lowest BCUT2D eigenvalue weighted by Gasteiger charge is -1.96. The first-order valence-corrected chi connectivity index (χ1v) is 6.28. The average Bonchev–Trinajstić information content (AvgIpc) is 2.49. The summed E-state index contributed by atoms with van der Waals surface area (Å²) in [4.78, 5) is 0.239. The fourth-order valence-corrected chi connectivity index (χ4v) is 3.34. The predicted molar refractivity (Wildman–Crippen MR) is 62.6 cm³/mol. The topological polar surface area (TPSA) is 0 Å². The van der Waals surface area contributed by atoms with E-state index in [9.17, 15) is 34.8 Å². The minimum absolute atomic E-state index is 0.168. The Balaban J connectivity index is 0.000000347. The van der Waals surface area contributed by atoms with Crippen LogP contribution >= 0.6 is 10.5 Å². The van der Waals surface area contributed by atoms with E-state index in [2.05, 4.69) is 0 Å². The molecule has 0 aliphatic carbocycles. The van der Waals surface area contributed by atoms with Gasteiger partial charge in [0.25, 0.3) is 0 Å². The molecule has 1 aromatic carbocycles. The van der Waals surface area contributed by atoms with Crippen LogP contribution in [0.15, 0.2) is 24.3 Å². The second-order valence-electron chi connectivity index (χ2n) is 3.68. The molecule has 0 saturated carbocycles. The van der Waals surface area contributed by atoms with Gasteiger partial charge < -0.3 is 17.3 Å². The van der Waals surface area contributed by atoms with Crippen LogP contribution in [0, 0.1) is 12.7 Å². The van der Waals surface area contributed by atoms with Crippen molar-refractivity contribution in [2.75, 3.05) is 0 Å². The Morgan fingerprint density at radius 1 is 1.00 bits per heavy atom. The van der Waals surface area contributed by atoms with Crippen LogP contribution in [0.5, 0.6) is 0 Å². The smallest absolute Gasteiger partial charge is 0.418 e. The Hall–Kier alpha value is -1.32. The highest BCUT2D eigenvalue weighted by Gasteiger charge is 2.46. The van der Waals surface area contributed by atoms with Crippen LogP contribution in [0.25, 0.3) is 10.1 Å². The van der Waals surface area contributed by atoms with Crippen molar-refractivity contribution in [2.24, 2.45) is 0 Å². The molecule has 0 fully saturated rings. The first-order valence-electron chi connectivity index (χ1n) is 5.06. The SMILES string of the molecule is Cc1cc2cc(F)ccc2[s+]1C(F)(F)F.F[B-](F)(F)F. The molecule has 0 bridgehead atoms. The molecule has 1 aromatic heterocycles. The van der Waals surface area contributed by atoms with Crippen LogP contribution < -0.4 is 0 Å². The first-order chi connectivity index (χ1) is 8.89. The predicted octanol–water partition coefficient (Wildman–Crippen LogP) is 5.81. The van der Waals surface area contributed by atoms with Gasteiger partial charge in [-0.2, -0.15) is 0 Å². The zero-order valence-electron chi connectivity index (χ0n) is 9.82. The molecule has 0 amide bonds. The summed E-state index contributed by atoms with van der Waals surface area (Å²) in [6.07, 6.45) is 0. The minimum atomic E-state index is -6.00. The number of hydrogen-bond acceptors (Lipinski definition) is 0. The van der Waals surface area contributed by atoms with Gasteiger partial charge in [0.15, 0.2) is 9.58 Å². The zero-order valence-corrected chi connectivity index (χ0v) is 10.6. The summed E-state index contributed by atoms with van der Waals surface area (Å²) in [5, 5.41) is 0.341. The van der Waals surface area contributed by atoms with Gasteiger partial charge in [-0.1, -0.05) is 0 Å². The van der Waals surface area contributed by atoms with Crippen LogP contribution in [0.3, 0.4) is 0 Å². The normalized spacial score (nSPS) is 13.2. The summed E-state index contributed by atoms with van der Waals surface area (Å²) < 4.78 is 90.0. The van der Waals surface area contributed by atoms with Crippen LogP contribution in [0.4, 0.5) is 34.8 Å². The van der Waals surface area contributed by atoms with Gasteiger partial charge in [0, 0.05) is 24.4 Å². The zero-order chi connectivity index (χ0) is 15.7. The van der Waals surface area contributed by atoms with Crippen molar-refractivity contribution in [3.8, 4) is 0 Å². The van der Waals surface area contributed by atoms with Gasteiger partial charge in [-0.05, 0) is 12.1 Å². The van der Waals surface area contributed by atoms with E-state index >= 15 is 0 Å². The third-order valence-electron chi connectivity index (χ3n) is 2.10. The maximum atomic E-state index is 12.8. The minimum Gasteiger partial charge on any atom is -0.418 e. The monoisotopic (exact) mass is 322 g/mol. The molecule has 2 aromatic rings. The van der Waals surface area contributed by atoms with Crippen LogP contribution in [-0.4, -0.2) is 7.25 Å². The number of fused-ring (bicyclic) bond motifs is 1. The summed E-state index contributed by atoms with van der Waals surface area (Å²) in [6.45, 7) is 1.43. The van der Waals surface area contributed by atoms with Gasteiger partial charge in [-0.3, -0.25) is 0 Å². The molecule has 1 heterocycles. The van der Waals surface area contributed by atoms with Crippen molar-refractivity contribution in [1.82, 2.24) is 0 Å². The Morgan fingerprint density at radius 3 is 1.95 bits per heavy atom. The number of halogens is 8. The third-order valence-corrected chi connectivity index (χ3v) is 4.14. The van der Waals surface area contributed by atoms with Crippen LogP contribution in [0.1, 0.15) is 4.88 Å². The van der Waals surface area contributed by atoms with E-state index in [-0.39, 0.29) is 9.58 Å². The van der Waals surface area contributed by atoms with Crippen molar-refractivity contribution in [2.45, 2.75) is 12.4 Å². The molecule has 10 heteroatoms. The van der Waals surface area contributed by atoms with Crippen LogP contribution in [-0.2, 0) is 5.51 Å². The van der Waals surface area contributed by atoms with Crippen molar-refractivity contribution in [1.29, 1.82) is 0 Å². The maximum Gasteiger partial charge on any atom is 0.673 e. The largest absolute Gasteiger partial charge is 0.673 e. The number of hydrogen-bond donors (Lipinski definition) is 0. The van der Waals surface area contributed by atoms with E-state index in [1.807, 2.05) is 0 Å². The molecule has 0 nitrogen and oxygen atoms in total. The summed E-state index contributed by atoms with van der Waals surface area (Å²) >= 11 is 0. The Morgan fingerprint density at radius 2 is 1.50 bits per heavy atom. The van der Waals surface area contributed by atoms with Crippen molar-refractivity contribution < 1.29 is 34.8 Å². The molecular formula is C10H7BF8S. The Kier molecular flexibility index (Phi) is 4.68. The number of benzene rings is 1. The second-order valence-corrected chi connectivity index (χ2v) is 5.84. The number of aryl methyl sites for hydroxylation is 1. The van der Waals surface area contributed by atoms with Gasteiger partial charge in [-0.25, -0.2) is 4.39 Å². The van der Waals surface area contributed by atoms with E-state index in [4.69, 9.17) is 0 Å². The average molecular weight is 322 g/mol. The highest BCUT2D eigenvalue weighted by molar-refractivity contribution is 7.38.